The van der Waals surface area contributed by atoms with E-state index in [4.69, 9.17) is 9.47 Å². The van der Waals surface area contributed by atoms with Crippen molar-refractivity contribution >= 4 is 23.2 Å². The van der Waals surface area contributed by atoms with Gasteiger partial charge in [0.25, 0.3) is 5.91 Å². The van der Waals surface area contributed by atoms with E-state index in [1.807, 2.05) is 11.0 Å². The maximum Gasteiger partial charge on any atom is 0.258 e. The van der Waals surface area contributed by atoms with E-state index in [0.717, 1.165) is 0 Å². The van der Waals surface area contributed by atoms with Crippen LogP contribution in [0.15, 0.2) is 36.8 Å². The molecular weight excluding hydrogens is 527 g/mol. The lowest BCUT2D eigenvalue weighted by molar-refractivity contribution is 0.102. The molecule has 2 fully saturated rings. The summed E-state index contributed by atoms with van der Waals surface area (Å²) < 4.78 is 26.3. The summed E-state index contributed by atoms with van der Waals surface area (Å²) in [6.07, 6.45) is 4.47. The number of anilines is 3. The molecule has 2 aromatic heterocycles. The van der Waals surface area contributed by atoms with Gasteiger partial charge in [-0.3, -0.25) is 9.69 Å². The Balaban J connectivity index is 1.52. The van der Waals surface area contributed by atoms with E-state index in [9.17, 15) is 10.1 Å². The molecule has 1 N–H and O–H groups in total. The molecule has 2 unspecified atom stereocenters. The predicted molar refractivity (Wildman–Crippen MR) is 153 cm³/mol. The average Bonchev–Trinajstić information content (AvgIpc) is 3.00. The summed E-state index contributed by atoms with van der Waals surface area (Å²) in [6.45, 7) is 8.09. The lowest BCUT2D eigenvalue weighted by atomic mass is 10.0. The second-order valence-electron chi connectivity index (χ2n) is 10.3. The van der Waals surface area contributed by atoms with Gasteiger partial charge in [-0.1, -0.05) is 0 Å². The van der Waals surface area contributed by atoms with Crippen molar-refractivity contribution in [3.63, 3.8) is 0 Å². The number of methoxy groups -OCH3 is 1. The highest BCUT2D eigenvalue weighted by Crippen LogP contribution is 2.36. The maximum atomic E-state index is 15.8. The minimum atomic E-state index is -0.537. The van der Waals surface area contributed by atoms with E-state index in [0.29, 0.717) is 62.3 Å². The Bertz CT molecular complexity index is 1440. The third-order valence-electron chi connectivity index (χ3n) is 7.73. The molecule has 0 bridgehead atoms. The highest BCUT2D eigenvalue weighted by Gasteiger charge is 2.29. The lowest BCUT2D eigenvalue weighted by Gasteiger charge is -2.44. The number of benzene rings is 1. The highest BCUT2D eigenvalue weighted by molar-refractivity contribution is 6.07. The van der Waals surface area contributed by atoms with Gasteiger partial charge >= 0.3 is 0 Å². The van der Waals surface area contributed by atoms with Gasteiger partial charge in [0.15, 0.2) is 0 Å². The number of rotatable bonds is 6. The molecule has 1 amide bonds. The molecule has 1 aromatic carbocycles. The molecule has 0 radical (unpaired) electrons. The fourth-order valence-electron chi connectivity index (χ4n) is 5.14. The second kappa shape index (κ2) is 12.0. The largest absolute Gasteiger partial charge is 0.481 e. The van der Waals surface area contributed by atoms with Gasteiger partial charge in [0.1, 0.15) is 11.9 Å². The molecule has 41 heavy (non-hydrogen) atoms. The van der Waals surface area contributed by atoms with Crippen molar-refractivity contribution in [2.24, 2.45) is 0 Å². The van der Waals surface area contributed by atoms with Crippen LogP contribution in [0, 0.1) is 17.1 Å². The van der Waals surface area contributed by atoms with Crippen molar-refractivity contribution in [2.45, 2.75) is 25.9 Å². The number of nitrogens with one attached hydrogen (secondary N) is 1. The summed E-state index contributed by atoms with van der Waals surface area (Å²) in [7, 11) is 3.50. The van der Waals surface area contributed by atoms with Crippen LogP contribution in [-0.4, -0.2) is 91.4 Å². The number of aromatic nitrogens is 3. The van der Waals surface area contributed by atoms with Gasteiger partial charge in [-0.25, -0.2) is 19.3 Å². The molecule has 2 saturated heterocycles. The van der Waals surface area contributed by atoms with Gasteiger partial charge in [0, 0.05) is 74.0 Å². The first-order valence-corrected chi connectivity index (χ1v) is 13.5. The zero-order valence-electron chi connectivity index (χ0n) is 23.6. The number of pyridine rings is 1. The van der Waals surface area contributed by atoms with Crippen LogP contribution in [0.2, 0.25) is 0 Å². The van der Waals surface area contributed by atoms with Gasteiger partial charge in [-0.05, 0) is 33.0 Å². The van der Waals surface area contributed by atoms with Crippen molar-refractivity contribution in [1.29, 1.82) is 5.26 Å². The van der Waals surface area contributed by atoms with Crippen LogP contribution < -0.4 is 19.9 Å². The second-order valence-corrected chi connectivity index (χ2v) is 10.3. The van der Waals surface area contributed by atoms with Crippen molar-refractivity contribution < 1.29 is 18.7 Å². The number of hydrogen-bond acceptors (Lipinski definition) is 10. The third-order valence-corrected chi connectivity index (χ3v) is 7.73. The van der Waals surface area contributed by atoms with E-state index < -0.39 is 11.7 Å². The van der Waals surface area contributed by atoms with E-state index in [-0.39, 0.29) is 34.7 Å². The van der Waals surface area contributed by atoms with E-state index >= 15 is 4.39 Å². The molecule has 0 spiro atoms. The summed E-state index contributed by atoms with van der Waals surface area (Å²) >= 11 is 0. The number of carbonyl (C=O) groups is 1. The van der Waals surface area contributed by atoms with Crippen LogP contribution in [0.4, 0.5) is 21.7 Å². The summed E-state index contributed by atoms with van der Waals surface area (Å²) in [5.74, 6) is -0.212. The fourth-order valence-corrected chi connectivity index (χ4v) is 5.14. The van der Waals surface area contributed by atoms with E-state index in [1.54, 1.807) is 18.5 Å². The average molecular weight is 561 g/mol. The molecule has 2 aliphatic rings. The molecular formula is C29H33FN8O3. The lowest BCUT2D eigenvalue weighted by Crippen LogP contribution is -2.55. The number of piperazine rings is 1. The maximum absolute atomic E-state index is 15.8. The molecule has 12 heteroatoms. The first-order chi connectivity index (χ1) is 19.8. The van der Waals surface area contributed by atoms with Gasteiger partial charge in [0.2, 0.25) is 11.8 Å². The normalized spacial score (nSPS) is 19.5. The number of ether oxygens (including phenoxy) is 2. The Labute approximate surface area is 238 Å². The van der Waals surface area contributed by atoms with Gasteiger partial charge < -0.3 is 24.6 Å². The molecule has 11 nitrogen and oxygen atoms in total. The quantitative estimate of drug-likeness (QED) is 0.481. The zero-order valence-corrected chi connectivity index (χ0v) is 23.6. The van der Waals surface area contributed by atoms with Gasteiger partial charge in [-0.2, -0.15) is 5.26 Å². The van der Waals surface area contributed by atoms with Gasteiger partial charge in [-0.15, -0.1) is 0 Å². The monoisotopic (exact) mass is 560 g/mol. The summed E-state index contributed by atoms with van der Waals surface area (Å²) in [5, 5.41) is 12.6. The van der Waals surface area contributed by atoms with Crippen molar-refractivity contribution in [1.82, 2.24) is 19.9 Å². The molecule has 0 aliphatic carbocycles. The first-order valence-electron chi connectivity index (χ1n) is 13.5. The van der Waals surface area contributed by atoms with E-state index in [1.165, 1.54) is 25.4 Å². The highest BCUT2D eigenvalue weighted by atomic mass is 19.1. The third kappa shape index (κ3) is 5.91. The Morgan fingerprint density at radius 3 is 2.39 bits per heavy atom. The molecule has 2 atom stereocenters. The minimum Gasteiger partial charge on any atom is -0.481 e. The Morgan fingerprint density at radius 1 is 1.07 bits per heavy atom. The van der Waals surface area contributed by atoms with Gasteiger partial charge in [0.05, 0.1) is 42.8 Å². The van der Waals surface area contributed by atoms with Crippen LogP contribution >= 0.6 is 0 Å². The summed E-state index contributed by atoms with van der Waals surface area (Å²) in [4.78, 5) is 32.9. The summed E-state index contributed by atoms with van der Waals surface area (Å²) in [6, 6.07) is 6.90. The van der Waals surface area contributed by atoms with Crippen LogP contribution in [0.25, 0.3) is 11.1 Å². The molecule has 214 valence electrons. The number of hydrogen-bond donors (Lipinski definition) is 1. The minimum absolute atomic E-state index is 0.0865. The number of halogens is 1. The van der Waals surface area contributed by atoms with Crippen LogP contribution in [0.5, 0.6) is 5.88 Å². The topological polar surface area (TPSA) is 120 Å². The number of morpholine rings is 1. The first kappa shape index (κ1) is 28.2. The zero-order chi connectivity index (χ0) is 29.1. The molecule has 0 saturated carbocycles. The molecule has 4 heterocycles. The fraction of sp³-hybridized carbons (Fsp3) is 0.414. The number of carbonyl (C=O) groups excluding carboxylic acids is 1. The summed E-state index contributed by atoms with van der Waals surface area (Å²) in [5.41, 5.74) is 1.90. The van der Waals surface area contributed by atoms with Crippen LogP contribution in [0.1, 0.15) is 29.8 Å². The smallest absolute Gasteiger partial charge is 0.258 e. The van der Waals surface area contributed by atoms with Crippen molar-refractivity contribution in [2.75, 3.05) is 68.7 Å². The number of nitrogens with zero attached hydrogens (tertiary/aromatic N) is 7. The molecule has 2 aliphatic heterocycles. The molecule has 5 rings (SSSR count). The van der Waals surface area contributed by atoms with Crippen LogP contribution in [0.3, 0.4) is 0 Å². The van der Waals surface area contributed by atoms with E-state index in [2.05, 4.69) is 51.0 Å². The van der Waals surface area contributed by atoms with Crippen molar-refractivity contribution in [3.05, 3.63) is 53.7 Å². The SMILES string of the molecule is COc1cc(C#N)c(C(=O)Nc2cc(-c3cnc(N4CCOCC4)nc3)c(F)cc2N2CC(C)N(C)C(C)C2)cn1. The van der Waals surface area contributed by atoms with Crippen LogP contribution in [-0.2, 0) is 4.74 Å². The Morgan fingerprint density at radius 2 is 1.76 bits per heavy atom. The number of nitriles is 1. The molecule has 3 aromatic rings. The Hall–Kier alpha value is -4.34. The number of likely N-dealkylation sites (N-methyl/N-ethyl adjacent to an activating group) is 1. The number of amides is 1. The van der Waals surface area contributed by atoms with Crippen molar-refractivity contribution in [3.8, 4) is 23.1 Å². The standard InChI is InChI=1S/C29H33FN8O3/c1-18-16-38(17-19(2)36(18)3)26-11-24(30)22(21-13-33-29(34-14-21)37-5-7-41-8-6-37)10-25(26)35-28(39)23-15-32-27(40-4)9-20(23)12-31/h9-11,13-15,18-19H,5-8,16-17H2,1-4H3,(H,35,39). The predicted octanol–water partition coefficient (Wildman–Crippen LogP) is 3.18. The Kier molecular flexibility index (Phi) is 8.28.